The quantitative estimate of drug-likeness (QED) is 0.853. The number of hydrogen-bond donors (Lipinski definition) is 2. The number of aryl methyl sites for hydroxylation is 1. The molecule has 0 radical (unpaired) electrons. The van der Waals surface area contributed by atoms with E-state index >= 15 is 0 Å². The number of carboxylic acid groups (broad SMARTS) is 1. The minimum Gasteiger partial charge on any atom is -0.478 e. The fraction of sp³-hybridized carbons (Fsp3) is 0.250. The van der Waals surface area contributed by atoms with Crippen LogP contribution in [0.1, 0.15) is 35.0 Å². The van der Waals surface area contributed by atoms with Gasteiger partial charge in [0.15, 0.2) is 0 Å². The monoisotopic (exact) mass is 287 g/mol. The molecule has 0 fully saturated rings. The first-order valence-electron chi connectivity index (χ1n) is 6.74. The van der Waals surface area contributed by atoms with Gasteiger partial charge in [-0.15, -0.1) is 0 Å². The number of hydrogen-bond acceptors (Lipinski definition) is 4. The molecule has 1 aromatic carbocycles. The Morgan fingerprint density at radius 2 is 2.10 bits per heavy atom. The lowest BCUT2D eigenvalue weighted by atomic mass is 10.1. The van der Waals surface area contributed by atoms with Gasteiger partial charge in [0.05, 0.1) is 12.2 Å². The molecule has 1 aromatic heterocycles. The number of carbonyl (C=O) groups is 1. The Morgan fingerprint density at radius 3 is 2.76 bits per heavy atom. The molecule has 1 heterocycles. The second-order valence-corrected chi connectivity index (χ2v) is 4.65. The number of rotatable bonds is 6. The number of carboxylic acids is 1. The summed E-state index contributed by atoms with van der Waals surface area (Å²) in [4.78, 5) is 15.5. The molecular formula is C16H17NO4. The third-order valence-electron chi connectivity index (χ3n) is 2.91. The lowest BCUT2D eigenvalue weighted by molar-refractivity contribution is 0.0696. The van der Waals surface area contributed by atoms with Gasteiger partial charge in [0.2, 0.25) is 5.88 Å². The maximum absolute atomic E-state index is 11.1. The van der Waals surface area contributed by atoms with E-state index in [1.165, 1.54) is 6.07 Å². The molecule has 0 atom stereocenters. The summed E-state index contributed by atoms with van der Waals surface area (Å²) in [5.41, 5.74) is 1.56. The predicted molar refractivity (Wildman–Crippen MR) is 77.6 cm³/mol. The van der Waals surface area contributed by atoms with E-state index in [0.29, 0.717) is 17.9 Å². The number of ether oxygens (including phenoxy) is 1. The Labute approximate surface area is 122 Å². The zero-order valence-electron chi connectivity index (χ0n) is 11.7. The molecular weight excluding hydrogens is 270 g/mol. The van der Waals surface area contributed by atoms with Gasteiger partial charge in [0, 0.05) is 11.8 Å². The van der Waals surface area contributed by atoms with Crippen LogP contribution >= 0.6 is 0 Å². The number of aliphatic hydroxyl groups is 1. The molecule has 0 aliphatic rings. The van der Waals surface area contributed by atoms with Crippen LogP contribution in [0.3, 0.4) is 0 Å². The number of pyridine rings is 1. The van der Waals surface area contributed by atoms with Crippen LogP contribution in [-0.4, -0.2) is 21.2 Å². The highest BCUT2D eigenvalue weighted by Gasteiger charge is 2.10. The lowest BCUT2D eigenvalue weighted by Crippen LogP contribution is -2.02. The Morgan fingerprint density at radius 1 is 1.29 bits per heavy atom. The van der Waals surface area contributed by atoms with Gasteiger partial charge < -0.3 is 14.9 Å². The first-order valence-corrected chi connectivity index (χ1v) is 6.74. The third-order valence-corrected chi connectivity index (χ3v) is 2.91. The molecule has 110 valence electrons. The Balaban J connectivity index is 2.31. The van der Waals surface area contributed by atoms with Crippen molar-refractivity contribution in [1.29, 1.82) is 0 Å². The third kappa shape index (κ3) is 4.03. The van der Waals surface area contributed by atoms with Crippen LogP contribution in [0.4, 0.5) is 0 Å². The second-order valence-electron chi connectivity index (χ2n) is 4.65. The number of benzene rings is 1. The van der Waals surface area contributed by atoms with Crippen molar-refractivity contribution in [2.75, 3.05) is 0 Å². The summed E-state index contributed by atoms with van der Waals surface area (Å²) in [5, 5.41) is 18.2. The van der Waals surface area contributed by atoms with Crippen LogP contribution in [0.5, 0.6) is 11.6 Å². The molecule has 5 nitrogen and oxygen atoms in total. The number of aromatic nitrogens is 1. The first-order chi connectivity index (χ1) is 10.1. The molecule has 5 heteroatoms. The largest absolute Gasteiger partial charge is 0.478 e. The molecule has 0 saturated heterocycles. The topological polar surface area (TPSA) is 79.7 Å². The van der Waals surface area contributed by atoms with Crippen molar-refractivity contribution in [1.82, 2.24) is 4.98 Å². The summed E-state index contributed by atoms with van der Waals surface area (Å²) in [6.45, 7) is 1.92. The van der Waals surface area contributed by atoms with Crippen molar-refractivity contribution in [3.05, 3.63) is 53.2 Å². The van der Waals surface area contributed by atoms with Gasteiger partial charge in [-0.3, -0.25) is 0 Å². The van der Waals surface area contributed by atoms with Crippen LogP contribution in [0.25, 0.3) is 0 Å². The van der Waals surface area contributed by atoms with Gasteiger partial charge in [0.25, 0.3) is 0 Å². The summed E-state index contributed by atoms with van der Waals surface area (Å²) in [6, 6.07) is 9.91. The molecule has 21 heavy (non-hydrogen) atoms. The second kappa shape index (κ2) is 6.85. The average molecular weight is 287 g/mol. The van der Waals surface area contributed by atoms with E-state index in [2.05, 4.69) is 4.98 Å². The molecule has 0 saturated carbocycles. The molecule has 0 spiro atoms. The lowest BCUT2D eigenvalue weighted by Gasteiger charge is -2.09. The standard InChI is InChI=1S/C16H17NO4/c1-2-4-13-8-12(16(19)20)9-15(17-13)21-14-6-3-5-11(7-14)10-18/h3,5-9,18H,2,4,10H2,1H3,(H,19,20). The van der Waals surface area contributed by atoms with Crippen LogP contribution in [-0.2, 0) is 13.0 Å². The fourth-order valence-electron chi connectivity index (χ4n) is 1.95. The molecule has 0 amide bonds. The van der Waals surface area contributed by atoms with E-state index in [0.717, 1.165) is 12.0 Å². The van der Waals surface area contributed by atoms with Crippen molar-refractivity contribution >= 4 is 5.97 Å². The van der Waals surface area contributed by atoms with Crippen LogP contribution in [0.2, 0.25) is 0 Å². The van der Waals surface area contributed by atoms with E-state index in [4.69, 9.17) is 14.9 Å². The molecule has 2 N–H and O–H groups in total. The molecule has 2 aromatic rings. The van der Waals surface area contributed by atoms with Crippen molar-refractivity contribution in [3.8, 4) is 11.6 Å². The molecule has 0 aliphatic carbocycles. The minimum atomic E-state index is -1.01. The van der Waals surface area contributed by atoms with E-state index in [-0.39, 0.29) is 18.1 Å². The van der Waals surface area contributed by atoms with E-state index in [1.807, 2.05) is 6.92 Å². The fourth-order valence-corrected chi connectivity index (χ4v) is 1.95. The highest BCUT2D eigenvalue weighted by molar-refractivity contribution is 5.88. The zero-order valence-corrected chi connectivity index (χ0v) is 11.7. The molecule has 0 unspecified atom stereocenters. The van der Waals surface area contributed by atoms with Crippen LogP contribution < -0.4 is 4.74 Å². The SMILES string of the molecule is CCCc1cc(C(=O)O)cc(Oc2cccc(CO)c2)n1. The van der Waals surface area contributed by atoms with Gasteiger partial charge in [-0.2, -0.15) is 0 Å². The van der Waals surface area contributed by atoms with Crippen LogP contribution in [0, 0.1) is 0 Å². The van der Waals surface area contributed by atoms with Crippen molar-refractivity contribution in [3.63, 3.8) is 0 Å². The van der Waals surface area contributed by atoms with Gasteiger partial charge in [-0.1, -0.05) is 25.5 Å². The molecule has 0 aliphatic heterocycles. The predicted octanol–water partition coefficient (Wildman–Crippen LogP) is 3.02. The molecule has 2 rings (SSSR count). The summed E-state index contributed by atoms with van der Waals surface area (Å²) in [6.07, 6.45) is 1.56. The normalized spacial score (nSPS) is 10.4. The summed E-state index contributed by atoms with van der Waals surface area (Å²) < 4.78 is 5.61. The maximum atomic E-state index is 11.1. The maximum Gasteiger partial charge on any atom is 0.335 e. The highest BCUT2D eigenvalue weighted by Crippen LogP contribution is 2.22. The Kier molecular flexibility index (Phi) is 4.90. The summed E-state index contributed by atoms with van der Waals surface area (Å²) in [7, 11) is 0. The van der Waals surface area contributed by atoms with Crippen molar-refractivity contribution < 1.29 is 19.7 Å². The van der Waals surface area contributed by atoms with Crippen molar-refractivity contribution in [2.45, 2.75) is 26.4 Å². The highest BCUT2D eigenvalue weighted by atomic mass is 16.5. The number of aliphatic hydroxyl groups excluding tert-OH is 1. The van der Waals surface area contributed by atoms with Gasteiger partial charge >= 0.3 is 5.97 Å². The van der Waals surface area contributed by atoms with Gasteiger partial charge in [-0.05, 0) is 30.2 Å². The average Bonchev–Trinajstić information content (AvgIpc) is 2.47. The number of nitrogens with zero attached hydrogens (tertiary/aromatic N) is 1. The zero-order chi connectivity index (χ0) is 15.2. The summed E-state index contributed by atoms with van der Waals surface area (Å²) in [5.74, 6) is -0.254. The number of aromatic carboxylic acids is 1. The van der Waals surface area contributed by atoms with E-state index in [1.54, 1.807) is 30.3 Å². The Bertz CT molecular complexity index is 640. The van der Waals surface area contributed by atoms with Gasteiger partial charge in [0.1, 0.15) is 5.75 Å². The molecule has 0 bridgehead atoms. The summed E-state index contributed by atoms with van der Waals surface area (Å²) >= 11 is 0. The van der Waals surface area contributed by atoms with Crippen LogP contribution in [0.15, 0.2) is 36.4 Å². The van der Waals surface area contributed by atoms with E-state index in [9.17, 15) is 4.79 Å². The van der Waals surface area contributed by atoms with Crippen molar-refractivity contribution in [2.24, 2.45) is 0 Å². The smallest absolute Gasteiger partial charge is 0.335 e. The Hall–Kier alpha value is -2.40. The van der Waals surface area contributed by atoms with Gasteiger partial charge in [-0.25, -0.2) is 9.78 Å². The first kappa shape index (κ1) is 15.0. The van der Waals surface area contributed by atoms with E-state index < -0.39 is 5.97 Å². The minimum absolute atomic E-state index is 0.0825.